The van der Waals surface area contributed by atoms with Gasteiger partial charge in [-0.25, -0.2) is 4.79 Å². The smallest absolute Gasteiger partial charge is 0.340 e. The SMILES string of the molecule is CCn1c(SCC(=O)Nc2sccc2C(=O)OC)nnc1C1CC1. The Labute approximate surface area is 147 Å². The van der Waals surface area contributed by atoms with Crippen LogP contribution in [-0.4, -0.2) is 39.5 Å². The van der Waals surface area contributed by atoms with E-state index >= 15 is 0 Å². The van der Waals surface area contributed by atoms with E-state index < -0.39 is 5.97 Å². The molecule has 0 aromatic carbocycles. The average molecular weight is 366 g/mol. The second kappa shape index (κ2) is 7.35. The first kappa shape index (κ1) is 17.0. The Hall–Kier alpha value is -1.87. The lowest BCUT2D eigenvalue weighted by Crippen LogP contribution is -2.16. The average Bonchev–Trinajstić information content (AvgIpc) is 3.18. The summed E-state index contributed by atoms with van der Waals surface area (Å²) in [6.07, 6.45) is 2.33. The highest BCUT2D eigenvalue weighted by Gasteiger charge is 2.30. The highest BCUT2D eigenvalue weighted by atomic mass is 32.2. The maximum Gasteiger partial charge on any atom is 0.340 e. The number of nitrogens with one attached hydrogen (secondary N) is 1. The van der Waals surface area contributed by atoms with Gasteiger partial charge in [0.15, 0.2) is 5.16 Å². The second-order valence-corrected chi connectivity index (χ2v) is 7.21. The fraction of sp³-hybridized carbons (Fsp3) is 0.467. The van der Waals surface area contributed by atoms with E-state index in [0.29, 0.717) is 16.5 Å². The van der Waals surface area contributed by atoms with E-state index in [9.17, 15) is 9.59 Å². The van der Waals surface area contributed by atoms with Gasteiger partial charge in [-0.1, -0.05) is 11.8 Å². The molecule has 9 heteroatoms. The van der Waals surface area contributed by atoms with Crippen LogP contribution in [0, 0.1) is 0 Å². The third-order valence-corrected chi connectivity index (χ3v) is 5.46. The number of aromatic nitrogens is 3. The summed E-state index contributed by atoms with van der Waals surface area (Å²) in [7, 11) is 1.32. The standard InChI is InChI=1S/C15H18N4O3S2/c1-3-19-12(9-4-5-9)17-18-15(19)24-8-11(20)16-13-10(6-7-23-13)14(21)22-2/h6-7,9H,3-5,8H2,1-2H3,(H,16,20). The molecular formula is C15H18N4O3S2. The van der Waals surface area contributed by atoms with E-state index in [1.165, 1.54) is 30.2 Å². The van der Waals surface area contributed by atoms with E-state index in [-0.39, 0.29) is 11.7 Å². The monoisotopic (exact) mass is 366 g/mol. The van der Waals surface area contributed by atoms with Crippen molar-refractivity contribution in [3.63, 3.8) is 0 Å². The summed E-state index contributed by atoms with van der Waals surface area (Å²) in [6, 6.07) is 1.63. The summed E-state index contributed by atoms with van der Waals surface area (Å²) in [5, 5.41) is 14.2. The van der Waals surface area contributed by atoms with Crippen LogP contribution in [0.1, 0.15) is 41.9 Å². The summed E-state index contributed by atoms with van der Waals surface area (Å²) in [5.41, 5.74) is 0.369. The number of hydrogen-bond donors (Lipinski definition) is 1. The fourth-order valence-electron chi connectivity index (χ4n) is 2.32. The molecule has 2 aromatic heterocycles. The minimum Gasteiger partial charge on any atom is -0.465 e. The molecule has 2 aromatic rings. The van der Waals surface area contributed by atoms with E-state index in [4.69, 9.17) is 4.74 Å². The molecule has 0 bridgehead atoms. The molecule has 0 atom stereocenters. The van der Waals surface area contributed by atoms with Crippen molar-refractivity contribution in [1.82, 2.24) is 14.8 Å². The van der Waals surface area contributed by atoms with Crippen LogP contribution in [0.5, 0.6) is 0 Å². The summed E-state index contributed by atoms with van der Waals surface area (Å²) in [6.45, 7) is 2.84. The highest BCUT2D eigenvalue weighted by molar-refractivity contribution is 7.99. The Kier molecular flexibility index (Phi) is 5.20. The van der Waals surface area contributed by atoms with Gasteiger partial charge in [-0.15, -0.1) is 21.5 Å². The van der Waals surface area contributed by atoms with Gasteiger partial charge in [-0.3, -0.25) is 4.79 Å². The number of anilines is 1. The van der Waals surface area contributed by atoms with Crippen LogP contribution in [0.25, 0.3) is 0 Å². The van der Waals surface area contributed by atoms with Crippen molar-refractivity contribution in [1.29, 1.82) is 0 Å². The van der Waals surface area contributed by atoms with Crippen LogP contribution >= 0.6 is 23.1 Å². The Bertz CT molecular complexity index is 752. The molecule has 1 N–H and O–H groups in total. The Morgan fingerprint density at radius 2 is 2.25 bits per heavy atom. The topological polar surface area (TPSA) is 86.1 Å². The van der Waals surface area contributed by atoms with Crippen molar-refractivity contribution in [2.24, 2.45) is 0 Å². The molecule has 0 radical (unpaired) electrons. The molecule has 0 aliphatic heterocycles. The third-order valence-electron chi connectivity index (χ3n) is 3.66. The van der Waals surface area contributed by atoms with Crippen molar-refractivity contribution >= 4 is 40.0 Å². The Morgan fingerprint density at radius 3 is 2.92 bits per heavy atom. The zero-order chi connectivity index (χ0) is 17.1. The minimum atomic E-state index is -0.459. The van der Waals surface area contributed by atoms with E-state index in [0.717, 1.165) is 30.4 Å². The molecule has 2 heterocycles. The first-order valence-electron chi connectivity index (χ1n) is 7.65. The normalized spacial score (nSPS) is 13.8. The maximum absolute atomic E-state index is 12.2. The van der Waals surface area contributed by atoms with Crippen molar-refractivity contribution < 1.29 is 14.3 Å². The lowest BCUT2D eigenvalue weighted by Gasteiger charge is -2.07. The van der Waals surface area contributed by atoms with E-state index in [1.807, 2.05) is 6.92 Å². The fourth-order valence-corrected chi connectivity index (χ4v) is 3.92. The van der Waals surface area contributed by atoms with Crippen LogP contribution < -0.4 is 5.32 Å². The number of amides is 1. The molecule has 1 amide bonds. The molecule has 1 fully saturated rings. The predicted octanol–water partition coefficient (Wildman–Crippen LogP) is 2.75. The maximum atomic E-state index is 12.2. The lowest BCUT2D eigenvalue weighted by molar-refractivity contribution is -0.113. The zero-order valence-corrected chi connectivity index (χ0v) is 15.1. The number of hydrogen-bond acceptors (Lipinski definition) is 7. The van der Waals surface area contributed by atoms with Gasteiger partial charge in [-0.05, 0) is 31.2 Å². The number of methoxy groups -OCH3 is 1. The van der Waals surface area contributed by atoms with E-state index in [1.54, 1.807) is 11.4 Å². The van der Waals surface area contributed by atoms with Crippen molar-refractivity contribution in [2.75, 3.05) is 18.2 Å². The number of nitrogens with zero attached hydrogens (tertiary/aromatic N) is 3. The molecule has 0 saturated heterocycles. The predicted molar refractivity (Wildman–Crippen MR) is 92.7 cm³/mol. The molecule has 3 rings (SSSR count). The molecule has 7 nitrogen and oxygen atoms in total. The van der Waals surface area contributed by atoms with Crippen LogP contribution in [0.4, 0.5) is 5.00 Å². The Balaban J connectivity index is 1.60. The first-order valence-corrected chi connectivity index (χ1v) is 9.52. The summed E-state index contributed by atoms with van der Waals surface area (Å²) in [5.74, 6) is 1.10. The van der Waals surface area contributed by atoms with Crippen molar-refractivity contribution in [2.45, 2.75) is 37.4 Å². The van der Waals surface area contributed by atoms with Crippen LogP contribution in [-0.2, 0) is 16.1 Å². The highest BCUT2D eigenvalue weighted by Crippen LogP contribution is 2.40. The second-order valence-electron chi connectivity index (χ2n) is 5.35. The van der Waals surface area contributed by atoms with Gasteiger partial charge in [0.05, 0.1) is 18.4 Å². The van der Waals surface area contributed by atoms with Gasteiger partial charge in [-0.2, -0.15) is 0 Å². The molecule has 24 heavy (non-hydrogen) atoms. The number of ether oxygens (including phenoxy) is 1. The van der Waals surface area contributed by atoms with E-state index in [2.05, 4.69) is 20.1 Å². The Morgan fingerprint density at radius 1 is 1.46 bits per heavy atom. The molecule has 128 valence electrons. The zero-order valence-electron chi connectivity index (χ0n) is 13.4. The molecule has 0 spiro atoms. The molecule has 0 unspecified atom stereocenters. The first-order chi connectivity index (χ1) is 11.6. The number of carbonyl (C=O) groups excluding carboxylic acids is 2. The van der Waals surface area contributed by atoms with Crippen LogP contribution in [0.3, 0.4) is 0 Å². The number of thiophene rings is 1. The van der Waals surface area contributed by atoms with Gasteiger partial charge in [0.25, 0.3) is 0 Å². The quantitative estimate of drug-likeness (QED) is 0.599. The van der Waals surface area contributed by atoms with Gasteiger partial charge in [0.1, 0.15) is 10.8 Å². The van der Waals surface area contributed by atoms with Gasteiger partial charge in [0.2, 0.25) is 5.91 Å². The number of esters is 1. The van der Waals surface area contributed by atoms with Crippen molar-refractivity contribution in [3.8, 4) is 0 Å². The number of rotatable bonds is 7. The van der Waals surface area contributed by atoms with Gasteiger partial charge < -0.3 is 14.6 Å². The number of thioether (sulfide) groups is 1. The molecule has 1 aliphatic carbocycles. The van der Waals surface area contributed by atoms with Crippen LogP contribution in [0.2, 0.25) is 0 Å². The van der Waals surface area contributed by atoms with Gasteiger partial charge in [0, 0.05) is 12.5 Å². The largest absolute Gasteiger partial charge is 0.465 e. The number of carbonyl (C=O) groups is 2. The molecule has 1 saturated carbocycles. The molecular weight excluding hydrogens is 348 g/mol. The lowest BCUT2D eigenvalue weighted by atomic mass is 10.3. The summed E-state index contributed by atoms with van der Waals surface area (Å²) in [4.78, 5) is 23.8. The van der Waals surface area contributed by atoms with Gasteiger partial charge >= 0.3 is 5.97 Å². The molecule has 1 aliphatic rings. The third kappa shape index (κ3) is 3.62. The van der Waals surface area contributed by atoms with Crippen molar-refractivity contribution in [3.05, 3.63) is 22.8 Å². The minimum absolute atomic E-state index is 0.189. The summed E-state index contributed by atoms with van der Waals surface area (Å²) < 4.78 is 6.77. The van der Waals surface area contributed by atoms with Crippen LogP contribution in [0.15, 0.2) is 16.6 Å². The summed E-state index contributed by atoms with van der Waals surface area (Å²) >= 11 is 2.65.